The van der Waals surface area contributed by atoms with E-state index in [-0.39, 0.29) is 0 Å². The summed E-state index contributed by atoms with van der Waals surface area (Å²) in [6.45, 7) is 8.56. The molecule has 0 aliphatic carbocycles. The molecule has 2 bridgehead atoms. The van der Waals surface area contributed by atoms with E-state index in [1.807, 2.05) is 0 Å². The third-order valence-electron chi connectivity index (χ3n) is 5.75. The number of aliphatic hydroxyl groups is 1. The minimum Gasteiger partial charge on any atom is -0.491 e. The fourth-order valence-electron chi connectivity index (χ4n) is 4.43. The van der Waals surface area contributed by atoms with Gasteiger partial charge < -0.3 is 19.5 Å². The number of fused-ring (bicyclic) bond motifs is 3. The summed E-state index contributed by atoms with van der Waals surface area (Å²) in [5.41, 5.74) is 3.14. The van der Waals surface area contributed by atoms with Crippen molar-refractivity contribution in [3.8, 4) is 5.75 Å². The molecule has 3 aliphatic heterocycles. The summed E-state index contributed by atoms with van der Waals surface area (Å²) in [6, 6.07) is 4.42. The number of rotatable bonds is 7. The Hall–Kier alpha value is -1.10. The lowest BCUT2D eigenvalue weighted by molar-refractivity contribution is -0.115. The molecule has 3 fully saturated rings. The summed E-state index contributed by atoms with van der Waals surface area (Å²) in [5, 5.41) is 11.1. The molecule has 4 nitrogen and oxygen atoms in total. The molecule has 1 atom stereocenters. The molecule has 0 amide bonds. The summed E-state index contributed by atoms with van der Waals surface area (Å²) >= 11 is 0. The number of nitrogens with zero attached hydrogens (tertiary/aromatic N) is 1. The molecule has 0 radical (unpaired) electrons. The second-order valence-corrected chi connectivity index (χ2v) is 7.55. The molecule has 1 aromatic carbocycles. The van der Waals surface area contributed by atoms with Gasteiger partial charge in [-0.3, -0.25) is 0 Å². The van der Waals surface area contributed by atoms with E-state index >= 15 is 0 Å². The minimum atomic E-state index is -0.494. The predicted molar refractivity (Wildman–Crippen MR) is 95.7 cm³/mol. The zero-order valence-electron chi connectivity index (χ0n) is 15.3. The molecule has 1 N–H and O–H groups in total. The first-order valence-corrected chi connectivity index (χ1v) is 9.18. The van der Waals surface area contributed by atoms with Crippen molar-refractivity contribution < 1.29 is 14.6 Å². The summed E-state index contributed by atoms with van der Waals surface area (Å²) in [7, 11) is 1.69. The summed E-state index contributed by atoms with van der Waals surface area (Å²) in [5.74, 6) is 1.46. The van der Waals surface area contributed by atoms with E-state index < -0.39 is 5.60 Å². The Morgan fingerprint density at radius 1 is 1.17 bits per heavy atom. The van der Waals surface area contributed by atoms with Crippen LogP contribution in [0.4, 0.5) is 0 Å². The second-order valence-electron chi connectivity index (χ2n) is 7.55. The molecule has 3 aliphatic rings. The first-order valence-electron chi connectivity index (χ1n) is 9.18. The van der Waals surface area contributed by atoms with Gasteiger partial charge in [-0.05, 0) is 75.2 Å². The first-order chi connectivity index (χ1) is 11.5. The highest BCUT2D eigenvalue weighted by atomic mass is 16.5. The molecule has 24 heavy (non-hydrogen) atoms. The molecule has 4 rings (SSSR count). The molecule has 1 unspecified atom stereocenters. The number of benzene rings is 1. The molecule has 134 valence electrons. The van der Waals surface area contributed by atoms with Gasteiger partial charge in [0.25, 0.3) is 0 Å². The van der Waals surface area contributed by atoms with Gasteiger partial charge in [-0.1, -0.05) is 12.1 Å². The lowest BCUT2D eigenvalue weighted by atomic mass is 9.72. The van der Waals surface area contributed by atoms with Gasteiger partial charge in [0, 0.05) is 13.7 Å². The van der Waals surface area contributed by atoms with Crippen LogP contribution in [0, 0.1) is 19.8 Å². The van der Waals surface area contributed by atoms with E-state index in [2.05, 4.69) is 30.9 Å². The third kappa shape index (κ3) is 3.76. The van der Waals surface area contributed by atoms with Crippen LogP contribution in [-0.4, -0.2) is 55.6 Å². The average molecular weight is 333 g/mol. The Labute approximate surface area is 145 Å². The van der Waals surface area contributed by atoms with Crippen LogP contribution in [0.25, 0.3) is 0 Å². The van der Waals surface area contributed by atoms with E-state index in [9.17, 15) is 5.11 Å². The Morgan fingerprint density at radius 3 is 2.38 bits per heavy atom. The number of hydrogen-bond donors (Lipinski definition) is 1. The molecule has 0 saturated carbocycles. The minimum absolute atomic E-state index is 0.487. The molecule has 4 heteroatoms. The quantitative estimate of drug-likeness (QED) is 0.779. The van der Waals surface area contributed by atoms with Gasteiger partial charge in [0.1, 0.15) is 12.4 Å². The Morgan fingerprint density at radius 2 is 1.83 bits per heavy atom. The maximum Gasteiger partial charge on any atom is 0.125 e. The van der Waals surface area contributed by atoms with Crippen molar-refractivity contribution >= 4 is 0 Å². The first kappa shape index (κ1) is 17.7. The molecule has 1 aromatic rings. The zero-order valence-corrected chi connectivity index (χ0v) is 15.3. The van der Waals surface area contributed by atoms with E-state index in [4.69, 9.17) is 9.47 Å². The number of hydrogen-bond acceptors (Lipinski definition) is 4. The number of ether oxygens (including phenoxy) is 2. The van der Waals surface area contributed by atoms with Crippen molar-refractivity contribution in [1.29, 1.82) is 0 Å². The van der Waals surface area contributed by atoms with Crippen LogP contribution >= 0.6 is 0 Å². The normalized spacial score (nSPS) is 29.0. The molecule has 3 heterocycles. The van der Waals surface area contributed by atoms with Gasteiger partial charge in [-0.25, -0.2) is 0 Å². The van der Waals surface area contributed by atoms with Gasteiger partial charge in [0.2, 0.25) is 0 Å². The molecular formula is C20H31NO3. The fourth-order valence-corrected chi connectivity index (χ4v) is 4.43. The van der Waals surface area contributed by atoms with Gasteiger partial charge in [-0.2, -0.15) is 0 Å². The maximum atomic E-state index is 11.1. The Bertz CT molecular complexity index is 543. The largest absolute Gasteiger partial charge is 0.491 e. The highest BCUT2D eigenvalue weighted by Gasteiger charge is 2.44. The summed E-state index contributed by atoms with van der Waals surface area (Å²) in [6.07, 6.45) is 4.10. The van der Waals surface area contributed by atoms with Gasteiger partial charge in [0.05, 0.1) is 12.2 Å². The molecular weight excluding hydrogens is 302 g/mol. The van der Waals surface area contributed by atoms with E-state index in [1.54, 1.807) is 7.11 Å². The summed E-state index contributed by atoms with van der Waals surface area (Å²) in [4.78, 5) is 2.42. The smallest absolute Gasteiger partial charge is 0.125 e. The van der Waals surface area contributed by atoms with Crippen molar-refractivity contribution in [3.63, 3.8) is 0 Å². The van der Waals surface area contributed by atoms with Crippen LogP contribution < -0.4 is 4.74 Å². The third-order valence-corrected chi connectivity index (χ3v) is 5.75. The van der Waals surface area contributed by atoms with Crippen LogP contribution in [0.5, 0.6) is 5.75 Å². The van der Waals surface area contributed by atoms with Crippen molar-refractivity contribution in [2.24, 2.45) is 5.92 Å². The van der Waals surface area contributed by atoms with Crippen molar-refractivity contribution in [2.45, 2.75) is 45.1 Å². The SMILES string of the molecule is COCCOc1c(C)cc(CCC2(O)CN3CCC2CC3)cc1C. The molecule has 0 spiro atoms. The number of aryl methyl sites for hydroxylation is 3. The maximum absolute atomic E-state index is 11.1. The second kappa shape index (κ2) is 7.42. The monoisotopic (exact) mass is 333 g/mol. The van der Waals surface area contributed by atoms with E-state index in [0.717, 1.165) is 38.0 Å². The van der Waals surface area contributed by atoms with Crippen LogP contribution in [0.3, 0.4) is 0 Å². The highest BCUT2D eigenvalue weighted by Crippen LogP contribution is 2.38. The fraction of sp³-hybridized carbons (Fsp3) is 0.700. The molecule has 0 aromatic heterocycles. The summed E-state index contributed by atoms with van der Waals surface area (Å²) < 4.78 is 10.9. The van der Waals surface area contributed by atoms with Crippen molar-refractivity contribution in [2.75, 3.05) is 40.0 Å². The predicted octanol–water partition coefficient (Wildman–Crippen LogP) is 2.72. The van der Waals surface area contributed by atoms with E-state index in [0.29, 0.717) is 19.1 Å². The Balaban J connectivity index is 1.63. The zero-order chi connectivity index (χ0) is 17.2. The van der Waals surface area contributed by atoms with Crippen molar-refractivity contribution in [1.82, 2.24) is 4.90 Å². The number of methoxy groups -OCH3 is 1. The Kier molecular flexibility index (Phi) is 5.48. The average Bonchev–Trinajstić information content (AvgIpc) is 2.56. The van der Waals surface area contributed by atoms with Gasteiger partial charge in [-0.15, -0.1) is 0 Å². The van der Waals surface area contributed by atoms with Crippen LogP contribution in [0.15, 0.2) is 12.1 Å². The van der Waals surface area contributed by atoms with Crippen molar-refractivity contribution in [3.05, 3.63) is 28.8 Å². The van der Waals surface area contributed by atoms with Crippen LogP contribution in [0.2, 0.25) is 0 Å². The van der Waals surface area contributed by atoms with Gasteiger partial charge >= 0.3 is 0 Å². The van der Waals surface area contributed by atoms with Crippen LogP contribution in [-0.2, 0) is 11.2 Å². The van der Waals surface area contributed by atoms with E-state index in [1.165, 1.54) is 29.8 Å². The molecule has 3 saturated heterocycles. The highest BCUT2D eigenvalue weighted by molar-refractivity contribution is 5.43. The topological polar surface area (TPSA) is 41.9 Å². The lowest BCUT2D eigenvalue weighted by Gasteiger charge is -2.50. The van der Waals surface area contributed by atoms with Gasteiger partial charge in [0.15, 0.2) is 0 Å². The van der Waals surface area contributed by atoms with Crippen LogP contribution in [0.1, 0.15) is 36.0 Å². The number of piperidine rings is 3. The lowest BCUT2D eigenvalue weighted by Crippen LogP contribution is -2.59. The standard InChI is InChI=1S/C20H31NO3/c1-15-12-17(13-16(2)19(15)24-11-10-23-3)4-7-20(22)14-21-8-5-18(20)6-9-21/h12-13,18,22H,4-11,14H2,1-3H3.